The van der Waals surface area contributed by atoms with Crippen LogP contribution >= 0.6 is 0 Å². The molecule has 1 aromatic rings. The summed E-state index contributed by atoms with van der Waals surface area (Å²) in [5, 5.41) is 0. The summed E-state index contributed by atoms with van der Waals surface area (Å²) in [4.78, 5) is 12.4. The minimum Gasteiger partial charge on any atom is -0.497 e. The summed E-state index contributed by atoms with van der Waals surface area (Å²) in [6.45, 7) is 2.12. The van der Waals surface area contributed by atoms with Crippen LogP contribution in [-0.2, 0) is 18.9 Å². The number of carbonyl (C=O) groups excluding carboxylic acids is 1. The Morgan fingerprint density at radius 1 is 1.12 bits per heavy atom. The van der Waals surface area contributed by atoms with E-state index >= 15 is 0 Å². The molecular weight excluding hydrogens is 312 g/mol. The van der Waals surface area contributed by atoms with E-state index in [-0.39, 0.29) is 30.6 Å². The minimum absolute atomic E-state index is 0.146. The van der Waals surface area contributed by atoms with E-state index in [1.807, 2.05) is 0 Å². The highest BCUT2D eigenvalue weighted by atomic mass is 16.7. The zero-order valence-corrected chi connectivity index (χ0v) is 14.3. The first-order valence-electron chi connectivity index (χ1n) is 8.36. The van der Waals surface area contributed by atoms with E-state index in [2.05, 4.69) is 6.92 Å². The van der Waals surface area contributed by atoms with Crippen LogP contribution in [0, 0.1) is 0 Å². The van der Waals surface area contributed by atoms with Gasteiger partial charge in [0.2, 0.25) is 0 Å². The van der Waals surface area contributed by atoms with Gasteiger partial charge in [-0.3, -0.25) is 0 Å². The number of fused-ring (bicyclic) bond motifs is 1. The molecule has 0 aliphatic carbocycles. The highest BCUT2D eigenvalue weighted by Crippen LogP contribution is 2.40. The second kappa shape index (κ2) is 7.51. The Labute approximate surface area is 142 Å². The van der Waals surface area contributed by atoms with Crippen LogP contribution in [0.15, 0.2) is 24.3 Å². The maximum atomic E-state index is 12.4. The molecule has 132 valence electrons. The molecule has 1 aromatic carbocycles. The van der Waals surface area contributed by atoms with Crippen molar-refractivity contribution in [2.75, 3.05) is 14.2 Å². The van der Waals surface area contributed by atoms with Crippen molar-refractivity contribution in [2.24, 2.45) is 0 Å². The molecule has 2 aliphatic heterocycles. The molecule has 2 heterocycles. The number of carbonyl (C=O) groups is 1. The van der Waals surface area contributed by atoms with Crippen LogP contribution in [-0.4, -0.2) is 50.9 Å². The van der Waals surface area contributed by atoms with Gasteiger partial charge in [-0.05, 0) is 30.7 Å². The lowest BCUT2D eigenvalue weighted by Gasteiger charge is -2.32. The highest BCUT2D eigenvalue weighted by Gasteiger charge is 2.59. The number of ether oxygens (including phenoxy) is 5. The van der Waals surface area contributed by atoms with E-state index in [4.69, 9.17) is 23.7 Å². The van der Waals surface area contributed by atoms with Crippen LogP contribution in [0.4, 0.5) is 0 Å². The molecule has 6 heteroatoms. The van der Waals surface area contributed by atoms with Gasteiger partial charge in [0.05, 0.1) is 12.7 Å². The van der Waals surface area contributed by atoms with Gasteiger partial charge in [0.1, 0.15) is 24.1 Å². The fraction of sp³-hybridized carbons (Fsp3) is 0.611. The van der Waals surface area contributed by atoms with Crippen molar-refractivity contribution >= 4 is 5.97 Å². The molecule has 0 radical (unpaired) electrons. The molecule has 0 spiro atoms. The minimum atomic E-state index is -0.400. The zero-order valence-electron chi connectivity index (χ0n) is 14.3. The summed E-state index contributed by atoms with van der Waals surface area (Å²) in [5.41, 5.74) is 0.483. The third kappa shape index (κ3) is 3.55. The van der Waals surface area contributed by atoms with Crippen LogP contribution in [0.25, 0.3) is 0 Å². The normalized spacial score (nSPS) is 31.2. The van der Waals surface area contributed by atoms with Crippen molar-refractivity contribution in [1.29, 1.82) is 0 Å². The van der Waals surface area contributed by atoms with Crippen LogP contribution in [0.1, 0.15) is 36.5 Å². The van der Waals surface area contributed by atoms with Gasteiger partial charge in [0.25, 0.3) is 0 Å². The molecule has 0 saturated carbocycles. The fourth-order valence-corrected chi connectivity index (χ4v) is 3.05. The van der Waals surface area contributed by atoms with Crippen LogP contribution in [0.3, 0.4) is 0 Å². The third-order valence-corrected chi connectivity index (χ3v) is 4.47. The summed E-state index contributed by atoms with van der Waals surface area (Å²) in [5.74, 6) is 0.319. The summed E-state index contributed by atoms with van der Waals surface area (Å²) in [6.07, 6.45) is 1.56. The van der Waals surface area contributed by atoms with Gasteiger partial charge in [-0.15, -0.1) is 0 Å². The van der Waals surface area contributed by atoms with Gasteiger partial charge in [0.15, 0.2) is 12.4 Å². The van der Waals surface area contributed by atoms with E-state index < -0.39 is 6.10 Å². The Balaban J connectivity index is 1.67. The molecule has 0 N–H and O–H groups in total. The number of methoxy groups -OCH3 is 2. The fourth-order valence-electron chi connectivity index (χ4n) is 3.05. The van der Waals surface area contributed by atoms with E-state index in [1.165, 1.54) is 0 Å². The Morgan fingerprint density at radius 2 is 1.88 bits per heavy atom. The number of benzene rings is 1. The molecule has 2 saturated heterocycles. The van der Waals surface area contributed by atoms with Crippen molar-refractivity contribution in [1.82, 2.24) is 0 Å². The second-order valence-electron chi connectivity index (χ2n) is 6.08. The Hall–Kier alpha value is -1.63. The van der Waals surface area contributed by atoms with E-state index in [1.54, 1.807) is 38.5 Å². The summed E-state index contributed by atoms with van der Waals surface area (Å²) in [7, 11) is 3.19. The SMILES string of the molecule is CCCC[C@@H]1O[C@@H](OC)[C@@H]2O[C@@H]2[C@H]1OC(=O)c1ccc(OC)cc1. The van der Waals surface area contributed by atoms with Crippen molar-refractivity contribution < 1.29 is 28.5 Å². The molecule has 2 fully saturated rings. The van der Waals surface area contributed by atoms with E-state index in [0.29, 0.717) is 11.3 Å². The van der Waals surface area contributed by atoms with E-state index in [0.717, 1.165) is 19.3 Å². The van der Waals surface area contributed by atoms with Crippen LogP contribution in [0.5, 0.6) is 5.75 Å². The molecule has 6 nitrogen and oxygen atoms in total. The first-order valence-corrected chi connectivity index (χ1v) is 8.36. The largest absolute Gasteiger partial charge is 0.497 e. The maximum absolute atomic E-state index is 12.4. The molecular formula is C18H24O6. The molecule has 24 heavy (non-hydrogen) atoms. The molecule has 0 aromatic heterocycles. The van der Waals surface area contributed by atoms with Crippen molar-refractivity contribution in [3.05, 3.63) is 29.8 Å². The van der Waals surface area contributed by atoms with Gasteiger partial charge in [-0.2, -0.15) is 0 Å². The standard InChI is InChI=1S/C18H24O6/c1-4-5-6-13-14(15-16(23-15)18(21-3)22-13)24-17(19)11-7-9-12(20-2)10-8-11/h7-10,13-16,18H,4-6H2,1-3H3/t13-,14-,15+,16+,18+/m0/s1. The van der Waals surface area contributed by atoms with Gasteiger partial charge in [-0.25, -0.2) is 4.79 Å². The number of epoxide rings is 1. The second-order valence-corrected chi connectivity index (χ2v) is 6.08. The Kier molecular flexibility index (Phi) is 5.38. The summed E-state index contributed by atoms with van der Waals surface area (Å²) in [6, 6.07) is 6.85. The molecule has 0 unspecified atom stereocenters. The number of hydrogen-bond donors (Lipinski definition) is 0. The van der Waals surface area contributed by atoms with Crippen LogP contribution < -0.4 is 4.74 Å². The molecule has 5 atom stereocenters. The Morgan fingerprint density at radius 3 is 2.50 bits per heavy atom. The quantitative estimate of drug-likeness (QED) is 0.563. The lowest BCUT2D eigenvalue weighted by Crippen LogP contribution is -2.47. The molecule has 0 bridgehead atoms. The average Bonchev–Trinajstić information content (AvgIpc) is 3.41. The van der Waals surface area contributed by atoms with Gasteiger partial charge >= 0.3 is 5.97 Å². The predicted molar refractivity (Wildman–Crippen MR) is 86.1 cm³/mol. The number of hydrogen-bond acceptors (Lipinski definition) is 6. The maximum Gasteiger partial charge on any atom is 0.338 e. The third-order valence-electron chi connectivity index (χ3n) is 4.47. The Bertz CT molecular complexity index is 557. The lowest BCUT2D eigenvalue weighted by molar-refractivity contribution is -0.201. The van der Waals surface area contributed by atoms with Crippen molar-refractivity contribution in [2.45, 2.75) is 56.9 Å². The predicted octanol–water partition coefficient (Wildman–Crippen LogP) is 2.55. The van der Waals surface area contributed by atoms with Gasteiger partial charge in [-0.1, -0.05) is 19.8 Å². The summed E-state index contributed by atoms with van der Waals surface area (Å²) >= 11 is 0. The number of esters is 1. The van der Waals surface area contributed by atoms with Crippen molar-refractivity contribution in [3.8, 4) is 5.75 Å². The average molecular weight is 336 g/mol. The topological polar surface area (TPSA) is 66.5 Å². The first-order chi connectivity index (χ1) is 11.7. The van der Waals surface area contributed by atoms with Gasteiger partial charge in [0, 0.05) is 7.11 Å². The lowest BCUT2D eigenvalue weighted by atomic mass is 9.99. The zero-order chi connectivity index (χ0) is 17.1. The number of unbranched alkanes of at least 4 members (excludes halogenated alkanes) is 1. The molecule has 0 amide bonds. The van der Waals surface area contributed by atoms with E-state index in [9.17, 15) is 4.79 Å². The van der Waals surface area contributed by atoms with Gasteiger partial charge < -0.3 is 23.7 Å². The smallest absolute Gasteiger partial charge is 0.338 e. The van der Waals surface area contributed by atoms with Crippen molar-refractivity contribution in [3.63, 3.8) is 0 Å². The first kappa shape index (κ1) is 17.2. The molecule has 2 aliphatic rings. The van der Waals surface area contributed by atoms with Crippen LogP contribution in [0.2, 0.25) is 0 Å². The summed E-state index contributed by atoms with van der Waals surface area (Å²) < 4.78 is 27.7. The highest BCUT2D eigenvalue weighted by molar-refractivity contribution is 5.89. The monoisotopic (exact) mass is 336 g/mol. The number of rotatable bonds is 7. The molecule has 3 rings (SSSR count).